The number of para-hydroxylation sites is 1. The molecule has 106 valence electrons. The van der Waals surface area contributed by atoms with Gasteiger partial charge in [0.1, 0.15) is 5.82 Å². The van der Waals surface area contributed by atoms with Gasteiger partial charge in [-0.3, -0.25) is 0 Å². The fourth-order valence-corrected chi connectivity index (χ4v) is 2.46. The van der Waals surface area contributed by atoms with E-state index in [0.717, 1.165) is 18.9 Å². The van der Waals surface area contributed by atoms with E-state index < -0.39 is 0 Å². The van der Waals surface area contributed by atoms with Crippen molar-refractivity contribution in [3.8, 4) is 11.1 Å². The summed E-state index contributed by atoms with van der Waals surface area (Å²) in [6.07, 6.45) is 3.85. The smallest absolute Gasteiger partial charge is 0.105 e. The van der Waals surface area contributed by atoms with Crippen LogP contribution < -0.4 is 5.32 Å². The summed E-state index contributed by atoms with van der Waals surface area (Å²) in [5, 5.41) is 3.53. The van der Waals surface area contributed by atoms with Crippen molar-refractivity contribution in [1.29, 1.82) is 0 Å². The van der Waals surface area contributed by atoms with Crippen LogP contribution in [-0.4, -0.2) is 16.1 Å². The number of aryl methyl sites for hydroxylation is 1. The predicted octanol–water partition coefficient (Wildman–Crippen LogP) is 3.97. The standard InChI is InChI=1S/C18H19N3/c1-15-19-11-13-21(15)14-12-20-18-10-6-5-9-17(18)16-7-3-2-4-8-16/h2-11,13,20H,12,14H2,1H3. The van der Waals surface area contributed by atoms with Gasteiger partial charge in [0.05, 0.1) is 0 Å². The Labute approximate surface area is 125 Å². The number of hydrogen-bond donors (Lipinski definition) is 1. The Hall–Kier alpha value is -2.55. The summed E-state index contributed by atoms with van der Waals surface area (Å²) >= 11 is 0. The van der Waals surface area contributed by atoms with Crippen molar-refractivity contribution < 1.29 is 0 Å². The molecule has 3 aromatic rings. The molecule has 0 unspecified atom stereocenters. The van der Waals surface area contributed by atoms with Crippen LogP contribution in [0, 0.1) is 6.92 Å². The maximum Gasteiger partial charge on any atom is 0.105 e. The molecule has 0 saturated heterocycles. The van der Waals surface area contributed by atoms with E-state index in [9.17, 15) is 0 Å². The highest BCUT2D eigenvalue weighted by molar-refractivity contribution is 5.77. The molecule has 2 aromatic carbocycles. The molecule has 0 bridgehead atoms. The molecule has 1 N–H and O–H groups in total. The van der Waals surface area contributed by atoms with E-state index in [-0.39, 0.29) is 0 Å². The van der Waals surface area contributed by atoms with E-state index in [4.69, 9.17) is 0 Å². The van der Waals surface area contributed by atoms with Crippen molar-refractivity contribution in [2.75, 3.05) is 11.9 Å². The molecular formula is C18H19N3. The summed E-state index contributed by atoms with van der Waals surface area (Å²) < 4.78 is 2.15. The van der Waals surface area contributed by atoms with Gasteiger partial charge in [0.25, 0.3) is 0 Å². The molecule has 0 saturated carbocycles. The second kappa shape index (κ2) is 6.27. The summed E-state index contributed by atoms with van der Waals surface area (Å²) in [7, 11) is 0. The molecule has 0 atom stereocenters. The van der Waals surface area contributed by atoms with Gasteiger partial charge in [-0.25, -0.2) is 4.98 Å². The number of nitrogens with zero attached hydrogens (tertiary/aromatic N) is 2. The van der Waals surface area contributed by atoms with Gasteiger partial charge >= 0.3 is 0 Å². The molecule has 3 rings (SSSR count). The van der Waals surface area contributed by atoms with Crippen molar-refractivity contribution in [2.45, 2.75) is 13.5 Å². The Morgan fingerprint density at radius 1 is 1.00 bits per heavy atom. The maximum atomic E-state index is 4.24. The van der Waals surface area contributed by atoms with Crippen molar-refractivity contribution >= 4 is 5.69 Å². The zero-order valence-electron chi connectivity index (χ0n) is 12.2. The molecule has 0 radical (unpaired) electrons. The highest BCUT2D eigenvalue weighted by Crippen LogP contribution is 2.27. The van der Waals surface area contributed by atoms with Gasteiger partial charge in [0.2, 0.25) is 0 Å². The van der Waals surface area contributed by atoms with Crippen LogP contribution in [0.15, 0.2) is 67.0 Å². The Morgan fingerprint density at radius 3 is 2.52 bits per heavy atom. The fraction of sp³-hybridized carbons (Fsp3) is 0.167. The average molecular weight is 277 g/mol. The minimum atomic E-state index is 0.876. The van der Waals surface area contributed by atoms with Crippen LogP contribution in [0.4, 0.5) is 5.69 Å². The van der Waals surface area contributed by atoms with Gasteiger partial charge in [0, 0.05) is 36.7 Å². The first-order chi connectivity index (χ1) is 10.3. The monoisotopic (exact) mass is 277 g/mol. The minimum absolute atomic E-state index is 0.876. The summed E-state index contributed by atoms with van der Waals surface area (Å²) in [5.41, 5.74) is 3.64. The average Bonchev–Trinajstić information content (AvgIpc) is 2.94. The Morgan fingerprint density at radius 2 is 1.76 bits per heavy atom. The number of aromatic nitrogens is 2. The Kier molecular flexibility index (Phi) is 4.01. The lowest BCUT2D eigenvalue weighted by Gasteiger charge is -2.13. The topological polar surface area (TPSA) is 29.9 Å². The van der Waals surface area contributed by atoms with Crippen LogP contribution in [0.3, 0.4) is 0 Å². The van der Waals surface area contributed by atoms with E-state index in [1.807, 2.05) is 25.4 Å². The SMILES string of the molecule is Cc1nccn1CCNc1ccccc1-c1ccccc1. The molecule has 0 aliphatic carbocycles. The van der Waals surface area contributed by atoms with Crippen LogP contribution in [0.2, 0.25) is 0 Å². The van der Waals surface area contributed by atoms with Gasteiger partial charge in [-0.15, -0.1) is 0 Å². The highest BCUT2D eigenvalue weighted by Gasteiger charge is 2.03. The summed E-state index contributed by atoms with van der Waals surface area (Å²) in [6, 6.07) is 18.9. The van der Waals surface area contributed by atoms with E-state index >= 15 is 0 Å². The summed E-state index contributed by atoms with van der Waals surface area (Å²) in [5.74, 6) is 1.05. The zero-order chi connectivity index (χ0) is 14.5. The summed E-state index contributed by atoms with van der Waals surface area (Å²) in [4.78, 5) is 4.24. The Bertz CT molecular complexity index is 701. The lowest BCUT2D eigenvalue weighted by Crippen LogP contribution is -2.11. The van der Waals surface area contributed by atoms with Crippen LogP contribution in [-0.2, 0) is 6.54 Å². The third-order valence-corrected chi connectivity index (χ3v) is 3.60. The Balaban J connectivity index is 1.73. The lowest BCUT2D eigenvalue weighted by atomic mass is 10.0. The number of nitrogens with one attached hydrogen (secondary N) is 1. The predicted molar refractivity (Wildman–Crippen MR) is 87.3 cm³/mol. The number of rotatable bonds is 5. The van der Waals surface area contributed by atoms with Crippen molar-refractivity contribution in [3.63, 3.8) is 0 Å². The van der Waals surface area contributed by atoms with Crippen LogP contribution in [0.5, 0.6) is 0 Å². The van der Waals surface area contributed by atoms with E-state index in [1.54, 1.807) is 0 Å². The zero-order valence-corrected chi connectivity index (χ0v) is 12.2. The molecule has 0 aliphatic rings. The number of hydrogen-bond acceptors (Lipinski definition) is 2. The summed E-state index contributed by atoms with van der Waals surface area (Å²) in [6.45, 7) is 3.81. The molecular weight excluding hydrogens is 258 g/mol. The maximum absolute atomic E-state index is 4.24. The highest BCUT2D eigenvalue weighted by atomic mass is 15.1. The van der Waals surface area contributed by atoms with E-state index in [1.165, 1.54) is 16.8 Å². The third-order valence-electron chi connectivity index (χ3n) is 3.60. The van der Waals surface area contributed by atoms with Crippen molar-refractivity contribution in [2.24, 2.45) is 0 Å². The van der Waals surface area contributed by atoms with E-state index in [0.29, 0.717) is 0 Å². The number of anilines is 1. The van der Waals surface area contributed by atoms with Gasteiger partial charge in [-0.2, -0.15) is 0 Å². The molecule has 0 spiro atoms. The fourth-order valence-electron chi connectivity index (χ4n) is 2.46. The van der Waals surface area contributed by atoms with Gasteiger partial charge in [-0.1, -0.05) is 48.5 Å². The molecule has 3 heteroatoms. The molecule has 21 heavy (non-hydrogen) atoms. The number of benzene rings is 2. The number of imidazole rings is 1. The molecule has 3 nitrogen and oxygen atoms in total. The van der Waals surface area contributed by atoms with Gasteiger partial charge < -0.3 is 9.88 Å². The van der Waals surface area contributed by atoms with Crippen LogP contribution in [0.1, 0.15) is 5.82 Å². The van der Waals surface area contributed by atoms with Crippen molar-refractivity contribution in [3.05, 3.63) is 72.8 Å². The second-order valence-electron chi connectivity index (χ2n) is 5.01. The molecule has 1 heterocycles. The second-order valence-corrected chi connectivity index (χ2v) is 5.01. The molecule has 0 fully saturated rings. The van der Waals surface area contributed by atoms with Crippen LogP contribution in [0.25, 0.3) is 11.1 Å². The van der Waals surface area contributed by atoms with Crippen molar-refractivity contribution in [1.82, 2.24) is 9.55 Å². The minimum Gasteiger partial charge on any atom is -0.383 e. The third kappa shape index (κ3) is 3.14. The largest absolute Gasteiger partial charge is 0.383 e. The first kappa shape index (κ1) is 13.4. The quantitative estimate of drug-likeness (QED) is 0.764. The molecule has 0 aliphatic heterocycles. The van der Waals surface area contributed by atoms with Crippen LogP contribution >= 0.6 is 0 Å². The molecule has 1 aromatic heterocycles. The molecule has 0 amide bonds. The van der Waals surface area contributed by atoms with Gasteiger partial charge in [-0.05, 0) is 18.6 Å². The first-order valence-corrected chi connectivity index (χ1v) is 7.20. The first-order valence-electron chi connectivity index (χ1n) is 7.20. The normalized spacial score (nSPS) is 10.5. The lowest BCUT2D eigenvalue weighted by molar-refractivity contribution is 0.701. The van der Waals surface area contributed by atoms with Gasteiger partial charge in [0.15, 0.2) is 0 Å². The van der Waals surface area contributed by atoms with E-state index in [2.05, 4.69) is 63.4 Å².